The van der Waals surface area contributed by atoms with E-state index in [0.29, 0.717) is 18.0 Å². The van der Waals surface area contributed by atoms with Gasteiger partial charge in [0.15, 0.2) is 11.5 Å². The molecule has 0 bridgehead atoms. The number of anilines is 2. The number of hydrogen-bond donors (Lipinski definition) is 2. The van der Waals surface area contributed by atoms with Crippen LogP contribution in [0.1, 0.15) is 31.7 Å². The summed E-state index contributed by atoms with van der Waals surface area (Å²) < 4.78 is 10.6. The van der Waals surface area contributed by atoms with Crippen LogP contribution in [-0.4, -0.2) is 39.3 Å². The number of hydrogen-bond acceptors (Lipinski definition) is 5. The summed E-state index contributed by atoms with van der Waals surface area (Å²) in [5, 5.41) is 6.24. The molecule has 0 radical (unpaired) electrons. The number of amides is 1. The van der Waals surface area contributed by atoms with Gasteiger partial charge in [0.25, 0.3) is 0 Å². The average molecular weight is 398 g/mol. The largest absolute Gasteiger partial charge is 0.493 e. The Morgan fingerprint density at radius 3 is 2.34 bits per heavy atom. The molecule has 1 amide bonds. The number of ether oxygens (including phenoxy) is 2. The van der Waals surface area contributed by atoms with E-state index >= 15 is 0 Å². The van der Waals surface area contributed by atoms with Crippen LogP contribution < -0.4 is 25.0 Å². The number of nitrogens with zero attached hydrogens (tertiary/aromatic N) is 1. The summed E-state index contributed by atoms with van der Waals surface area (Å²) in [6.45, 7) is 4.65. The Balaban J connectivity index is 1.51. The predicted molar refractivity (Wildman–Crippen MR) is 117 cm³/mol. The highest BCUT2D eigenvalue weighted by Gasteiger charge is 2.14. The summed E-state index contributed by atoms with van der Waals surface area (Å²) in [6.07, 6.45) is 3.82. The Labute approximate surface area is 173 Å². The summed E-state index contributed by atoms with van der Waals surface area (Å²) >= 11 is 0. The highest BCUT2D eigenvalue weighted by Crippen LogP contribution is 2.27. The van der Waals surface area contributed by atoms with Crippen LogP contribution >= 0.6 is 0 Å². The zero-order valence-electron chi connectivity index (χ0n) is 17.5. The van der Waals surface area contributed by atoms with Gasteiger partial charge >= 0.3 is 0 Å². The maximum absolute atomic E-state index is 12.5. The molecule has 1 fully saturated rings. The summed E-state index contributed by atoms with van der Waals surface area (Å²) in [7, 11) is 3.23. The van der Waals surface area contributed by atoms with E-state index in [-0.39, 0.29) is 11.9 Å². The van der Waals surface area contributed by atoms with Crippen LogP contribution in [0.4, 0.5) is 11.4 Å². The third-order valence-electron chi connectivity index (χ3n) is 5.31. The maximum atomic E-state index is 12.5. The normalized spacial score (nSPS) is 14.9. The Morgan fingerprint density at radius 1 is 1.00 bits per heavy atom. The first kappa shape index (κ1) is 21.0. The topological polar surface area (TPSA) is 62.8 Å². The van der Waals surface area contributed by atoms with Crippen LogP contribution in [0, 0.1) is 0 Å². The standard InChI is InChI=1S/C23H31N3O3/c1-17(24-16-18-7-12-21(28-2)22(15-18)29-3)23(27)25-19-8-10-20(11-9-19)26-13-5-4-6-14-26/h7-12,15,17,24H,4-6,13-14,16H2,1-3H3,(H,25,27)/t17-/m1/s1. The monoisotopic (exact) mass is 397 g/mol. The first-order chi connectivity index (χ1) is 14.1. The third kappa shape index (κ3) is 5.64. The van der Waals surface area contributed by atoms with Gasteiger partial charge in [0, 0.05) is 31.0 Å². The number of methoxy groups -OCH3 is 2. The first-order valence-electron chi connectivity index (χ1n) is 10.2. The number of rotatable bonds is 8. The molecule has 2 N–H and O–H groups in total. The van der Waals surface area contributed by atoms with E-state index in [1.165, 1.54) is 24.9 Å². The van der Waals surface area contributed by atoms with E-state index < -0.39 is 0 Å². The Hall–Kier alpha value is -2.73. The van der Waals surface area contributed by atoms with Crippen LogP contribution in [0.25, 0.3) is 0 Å². The number of carbonyl (C=O) groups is 1. The van der Waals surface area contributed by atoms with Crippen molar-refractivity contribution >= 4 is 17.3 Å². The van der Waals surface area contributed by atoms with E-state index in [0.717, 1.165) is 24.3 Å². The first-order valence-corrected chi connectivity index (χ1v) is 10.2. The van der Waals surface area contributed by atoms with Crippen molar-refractivity contribution < 1.29 is 14.3 Å². The molecular weight excluding hydrogens is 366 g/mol. The van der Waals surface area contributed by atoms with Crippen molar-refractivity contribution in [2.24, 2.45) is 0 Å². The predicted octanol–water partition coefficient (Wildman–Crippen LogP) is 3.81. The average Bonchev–Trinajstić information content (AvgIpc) is 2.78. The van der Waals surface area contributed by atoms with Crippen LogP contribution in [0.15, 0.2) is 42.5 Å². The molecule has 156 valence electrons. The molecule has 0 spiro atoms. The fraction of sp³-hybridized carbons (Fsp3) is 0.435. The number of piperidine rings is 1. The molecule has 29 heavy (non-hydrogen) atoms. The molecule has 6 heteroatoms. The smallest absolute Gasteiger partial charge is 0.241 e. The molecule has 0 aromatic heterocycles. The molecule has 6 nitrogen and oxygen atoms in total. The van der Waals surface area contributed by atoms with E-state index in [4.69, 9.17) is 9.47 Å². The highest BCUT2D eigenvalue weighted by molar-refractivity contribution is 5.94. The summed E-state index contributed by atoms with van der Waals surface area (Å²) in [5.41, 5.74) is 3.06. The van der Waals surface area contributed by atoms with Gasteiger partial charge in [-0.2, -0.15) is 0 Å². The minimum atomic E-state index is -0.329. The number of carbonyl (C=O) groups excluding carboxylic acids is 1. The molecule has 1 aliphatic heterocycles. The summed E-state index contributed by atoms with van der Waals surface area (Å²) in [6, 6.07) is 13.5. The van der Waals surface area contributed by atoms with Crippen molar-refractivity contribution in [3.05, 3.63) is 48.0 Å². The second-order valence-corrected chi connectivity index (χ2v) is 7.38. The molecule has 2 aromatic rings. The fourth-order valence-corrected chi connectivity index (χ4v) is 3.51. The minimum absolute atomic E-state index is 0.0591. The lowest BCUT2D eigenvalue weighted by atomic mass is 10.1. The Bertz CT molecular complexity index is 802. The number of nitrogens with one attached hydrogen (secondary N) is 2. The molecule has 3 rings (SSSR count). The highest BCUT2D eigenvalue weighted by atomic mass is 16.5. The Morgan fingerprint density at radius 2 is 1.69 bits per heavy atom. The third-order valence-corrected chi connectivity index (χ3v) is 5.31. The molecule has 2 aromatic carbocycles. The van der Waals surface area contributed by atoms with E-state index in [9.17, 15) is 4.79 Å². The van der Waals surface area contributed by atoms with Gasteiger partial charge in [-0.25, -0.2) is 0 Å². The lowest BCUT2D eigenvalue weighted by Crippen LogP contribution is -2.37. The van der Waals surface area contributed by atoms with Crippen molar-refractivity contribution in [1.29, 1.82) is 0 Å². The molecule has 1 atom stereocenters. The molecule has 0 saturated carbocycles. The summed E-state index contributed by atoms with van der Waals surface area (Å²) in [4.78, 5) is 14.9. The lowest BCUT2D eigenvalue weighted by Gasteiger charge is -2.28. The SMILES string of the molecule is COc1ccc(CN[C@H](C)C(=O)Nc2ccc(N3CCCCC3)cc2)cc1OC. The van der Waals surface area contributed by atoms with Crippen molar-refractivity contribution in [1.82, 2.24) is 5.32 Å². The van der Waals surface area contributed by atoms with Crippen LogP contribution in [0.5, 0.6) is 11.5 Å². The fourth-order valence-electron chi connectivity index (χ4n) is 3.51. The molecule has 1 saturated heterocycles. The number of benzene rings is 2. The van der Waals surface area contributed by atoms with Crippen molar-refractivity contribution in [3.63, 3.8) is 0 Å². The van der Waals surface area contributed by atoms with Gasteiger partial charge in [0.2, 0.25) is 5.91 Å². The van der Waals surface area contributed by atoms with E-state index in [1.54, 1.807) is 14.2 Å². The van der Waals surface area contributed by atoms with E-state index in [1.807, 2.05) is 37.3 Å². The van der Waals surface area contributed by atoms with Crippen LogP contribution in [-0.2, 0) is 11.3 Å². The van der Waals surface area contributed by atoms with Gasteiger partial charge in [-0.3, -0.25) is 4.79 Å². The summed E-state index contributed by atoms with van der Waals surface area (Å²) in [5.74, 6) is 1.31. The second kappa shape index (κ2) is 10.2. The Kier molecular flexibility index (Phi) is 7.36. The van der Waals surface area contributed by atoms with E-state index in [2.05, 4.69) is 27.7 Å². The van der Waals surface area contributed by atoms with Gasteiger partial charge in [0.05, 0.1) is 20.3 Å². The van der Waals surface area contributed by atoms with Gasteiger partial charge in [-0.1, -0.05) is 6.07 Å². The molecule has 0 unspecified atom stereocenters. The molecular formula is C23H31N3O3. The lowest BCUT2D eigenvalue weighted by molar-refractivity contribution is -0.117. The maximum Gasteiger partial charge on any atom is 0.241 e. The molecule has 1 aliphatic rings. The van der Waals surface area contributed by atoms with Crippen LogP contribution in [0.2, 0.25) is 0 Å². The van der Waals surface area contributed by atoms with Gasteiger partial charge in [-0.15, -0.1) is 0 Å². The van der Waals surface area contributed by atoms with Gasteiger partial charge in [0.1, 0.15) is 0 Å². The zero-order chi connectivity index (χ0) is 20.6. The zero-order valence-corrected chi connectivity index (χ0v) is 17.5. The van der Waals surface area contributed by atoms with Gasteiger partial charge in [-0.05, 0) is 68.1 Å². The van der Waals surface area contributed by atoms with Crippen molar-refractivity contribution in [3.8, 4) is 11.5 Å². The quantitative estimate of drug-likeness (QED) is 0.709. The minimum Gasteiger partial charge on any atom is -0.493 e. The van der Waals surface area contributed by atoms with Gasteiger partial charge < -0.3 is 25.0 Å². The van der Waals surface area contributed by atoms with Crippen molar-refractivity contribution in [2.75, 3.05) is 37.5 Å². The van der Waals surface area contributed by atoms with Crippen molar-refractivity contribution in [2.45, 2.75) is 38.8 Å². The second-order valence-electron chi connectivity index (χ2n) is 7.38. The molecule has 0 aliphatic carbocycles. The van der Waals surface area contributed by atoms with Crippen LogP contribution in [0.3, 0.4) is 0 Å². The molecule has 1 heterocycles.